The van der Waals surface area contributed by atoms with Crippen molar-refractivity contribution >= 4 is 33.5 Å². The van der Waals surface area contributed by atoms with E-state index in [-0.39, 0.29) is 5.56 Å². The summed E-state index contributed by atoms with van der Waals surface area (Å²) in [4.78, 5) is 23.4. The van der Waals surface area contributed by atoms with Crippen LogP contribution in [0.25, 0.3) is 0 Å². The van der Waals surface area contributed by atoms with E-state index in [0.29, 0.717) is 10.5 Å². The van der Waals surface area contributed by atoms with Crippen LogP contribution in [0, 0.1) is 17.5 Å². The molecular weight excluding hydrogens is 379 g/mol. The molecule has 0 unspecified atom stereocenters. The van der Waals surface area contributed by atoms with Gasteiger partial charge in [0.25, 0.3) is 5.91 Å². The summed E-state index contributed by atoms with van der Waals surface area (Å²) in [5.74, 6) is -5.06. The highest BCUT2D eigenvalue weighted by molar-refractivity contribution is 9.10. The first-order chi connectivity index (χ1) is 10.8. The Balaban J connectivity index is 2.35. The van der Waals surface area contributed by atoms with Crippen molar-refractivity contribution in [1.29, 1.82) is 0 Å². The fraction of sp³-hybridized carbons (Fsp3) is 0.0667. The van der Waals surface area contributed by atoms with E-state index in [2.05, 4.69) is 26.0 Å². The van der Waals surface area contributed by atoms with Gasteiger partial charge < -0.3 is 10.1 Å². The predicted molar refractivity (Wildman–Crippen MR) is 79.8 cm³/mol. The number of ether oxygens (including phenoxy) is 1. The van der Waals surface area contributed by atoms with Gasteiger partial charge in [-0.05, 0) is 24.3 Å². The molecule has 2 rings (SSSR count). The molecule has 2 aromatic rings. The Hall–Kier alpha value is -2.35. The minimum atomic E-state index is -1.14. The standard InChI is InChI=1S/C15H9BrF3NO3/c1-23-15(22)9-5-13(12(19)6-11(9)18)20-14(21)8-3-2-7(16)4-10(8)17/h2-6H,1H3,(H,20,21). The number of carbonyl (C=O) groups is 2. The molecule has 0 aromatic heterocycles. The fourth-order valence-electron chi connectivity index (χ4n) is 1.77. The van der Waals surface area contributed by atoms with Crippen molar-refractivity contribution in [3.63, 3.8) is 0 Å². The third-order valence-electron chi connectivity index (χ3n) is 2.89. The van der Waals surface area contributed by atoms with Gasteiger partial charge in [-0.15, -0.1) is 0 Å². The van der Waals surface area contributed by atoms with E-state index in [4.69, 9.17) is 0 Å². The number of methoxy groups -OCH3 is 1. The molecule has 0 atom stereocenters. The first-order valence-electron chi connectivity index (χ1n) is 6.17. The van der Waals surface area contributed by atoms with Gasteiger partial charge in [0.05, 0.1) is 23.9 Å². The summed E-state index contributed by atoms with van der Waals surface area (Å²) in [7, 11) is 1.03. The summed E-state index contributed by atoms with van der Waals surface area (Å²) in [6.45, 7) is 0. The van der Waals surface area contributed by atoms with Crippen LogP contribution in [0.4, 0.5) is 18.9 Å². The Kier molecular flexibility index (Phi) is 5.05. The first kappa shape index (κ1) is 17.0. The zero-order chi connectivity index (χ0) is 17.1. The fourth-order valence-corrected chi connectivity index (χ4v) is 2.11. The van der Waals surface area contributed by atoms with Gasteiger partial charge in [-0.1, -0.05) is 15.9 Å². The third-order valence-corrected chi connectivity index (χ3v) is 3.38. The molecule has 8 heteroatoms. The molecule has 120 valence electrons. The van der Waals surface area contributed by atoms with E-state index in [9.17, 15) is 22.8 Å². The molecule has 0 bridgehead atoms. The number of carbonyl (C=O) groups excluding carboxylic acids is 2. The Morgan fingerprint density at radius 2 is 1.65 bits per heavy atom. The lowest BCUT2D eigenvalue weighted by atomic mass is 10.1. The highest BCUT2D eigenvalue weighted by atomic mass is 79.9. The van der Waals surface area contributed by atoms with Crippen LogP contribution in [0.5, 0.6) is 0 Å². The van der Waals surface area contributed by atoms with Crippen molar-refractivity contribution in [2.45, 2.75) is 0 Å². The maximum Gasteiger partial charge on any atom is 0.340 e. The highest BCUT2D eigenvalue weighted by Crippen LogP contribution is 2.22. The second kappa shape index (κ2) is 6.82. The van der Waals surface area contributed by atoms with Gasteiger partial charge >= 0.3 is 5.97 Å². The average molecular weight is 388 g/mol. The molecule has 1 amide bonds. The smallest absolute Gasteiger partial charge is 0.340 e. The molecule has 0 heterocycles. The number of nitrogens with one attached hydrogen (secondary N) is 1. The van der Waals surface area contributed by atoms with Gasteiger partial charge in [-0.25, -0.2) is 18.0 Å². The van der Waals surface area contributed by atoms with Crippen molar-refractivity contribution in [1.82, 2.24) is 0 Å². The van der Waals surface area contributed by atoms with Gasteiger partial charge in [0.2, 0.25) is 0 Å². The zero-order valence-electron chi connectivity index (χ0n) is 11.6. The molecular formula is C15H9BrF3NO3. The maximum absolute atomic E-state index is 13.7. The van der Waals surface area contributed by atoms with Crippen LogP contribution in [0.2, 0.25) is 0 Å². The van der Waals surface area contributed by atoms with E-state index in [0.717, 1.165) is 19.2 Å². The quantitative estimate of drug-likeness (QED) is 0.812. The summed E-state index contributed by atoms with van der Waals surface area (Å²) in [5.41, 5.74) is -1.36. The van der Waals surface area contributed by atoms with Crippen LogP contribution in [0.1, 0.15) is 20.7 Å². The molecule has 4 nitrogen and oxygen atoms in total. The van der Waals surface area contributed by atoms with Gasteiger partial charge in [-0.2, -0.15) is 0 Å². The molecule has 0 aliphatic rings. The molecule has 0 aliphatic heterocycles. The molecule has 2 aromatic carbocycles. The number of esters is 1. The van der Waals surface area contributed by atoms with E-state index in [1.807, 2.05) is 0 Å². The minimum Gasteiger partial charge on any atom is -0.465 e. The van der Waals surface area contributed by atoms with Gasteiger partial charge in [-0.3, -0.25) is 4.79 Å². The molecule has 0 saturated heterocycles. The largest absolute Gasteiger partial charge is 0.465 e. The summed E-state index contributed by atoms with van der Waals surface area (Å²) >= 11 is 3.04. The highest BCUT2D eigenvalue weighted by Gasteiger charge is 2.19. The summed E-state index contributed by atoms with van der Waals surface area (Å²) < 4.78 is 45.7. The zero-order valence-corrected chi connectivity index (χ0v) is 13.2. The number of hydrogen-bond donors (Lipinski definition) is 1. The number of halogens is 4. The monoisotopic (exact) mass is 387 g/mol. The van der Waals surface area contributed by atoms with E-state index in [1.54, 1.807) is 0 Å². The van der Waals surface area contributed by atoms with Gasteiger partial charge in [0, 0.05) is 10.5 Å². The van der Waals surface area contributed by atoms with Crippen molar-refractivity contribution in [3.05, 3.63) is 63.4 Å². The van der Waals surface area contributed by atoms with Crippen LogP contribution in [-0.2, 0) is 4.74 Å². The van der Waals surface area contributed by atoms with Crippen LogP contribution in [0.15, 0.2) is 34.8 Å². The summed E-state index contributed by atoms with van der Waals surface area (Å²) in [6.07, 6.45) is 0. The maximum atomic E-state index is 13.7. The first-order valence-corrected chi connectivity index (χ1v) is 6.96. The molecule has 0 fully saturated rings. The normalized spacial score (nSPS) is 10.3. The van der Waals surface area contributed by atoms with E-state index < -0.39 is 40.6 Å². The lowest BCUT2D eigenvalue weighted by Gasteiger charge is -2.10. The van der Waals surface area contributed by atoms with Crippen LogP contribution in [0.3, 0.4) is 0 Å². The van der Waals surface area contributed by atoms with Gasteiger partial charge in [0.1, 0.15) is 17.5 Å². The van der Waals surface area contributed by atoms with Crippen LogP contribution < -0.4 is 5.32 Å². The lowest BCUT2D eigenvalue weighted by molar-refractivity contribution is 0.0595. The molecule has 0 aliphatic carbocycles. The Bertz CT molecular complexity index is 796. The van der Waals surface area contributed by atoms with Crippen molar-refractivity contribution in [2.75, 3.05) is 12.4 Å². The minimum absolute atomic E-state index is 0.337. The average Bonchev–Trinajstić information content (AvgIpc) is 2.49. The Labute approximate surface area is 137 Å². The van der Waals surface area contributed by atoms with Gasteiger partial charge in [0.15, 0.2) is 0 Å². The predicted octanol–water partition coefficient (Wildman–Crippen LogP) is 3.91. The third kappa shape index (κ3) is 3.70. The van der Waals surface area contributed by atoms with Crippen LogP contribution >= 0.6 is 15.9 Å². The van der Waals surface area contributed by atoms with E-state index in [1.165, 1.54) is 12.1 Å². The molecule has 23 heavy (non-hydrogen) atoms. The summed E-state index contributed by atoms with van der Waals surface area (Å²) in [5, 5.41) is 2.09. The summed E-state index contributed by atoms with van der Waals surface area (Å²) in [6, 6.07) is 4.90. The lowest BCUT2D eigenvalue weighted by Crippen LogP contribution is -2.16. The van der Waals surface area contributed by atoms with Crippen LogP contribution in [-0.4, -0.2) is 19.0 Å². The van der Waals surface area contributed by atoms with Crippen molar-refractivity contribution in [2.24, 2.45) is 0 Å². The Morgan fingerprint density at radius 1 is 1.00 bits per heavy atom. The van der Waals surface area contributed by atoms with Crippen molar-refractivity contribution < 1.29 is 27.5 Å². The number of rotatable bonds is 3. The topological polar surface area (TPSA) is 55.4 Å². The number of hydrogen-bond acceptors (Lipinski definition) is 3. The number of benzene rings is 2. The molecule has 0 saturated carbocycles. The molecule has 1 N–H and O–H groups in total. The number of amides is 1. The second-order valence-electron chi connectivity index (χ2n) is 4.38. The number of anilines is 1. The van der Waals surface area contributed by atoms with Crippen molar-refractivity contribution in [3.8, 4) is 0 Å². The van der Waals surface area contributed by atoms with E-state index >= 15 is 0 Å². The SMILES string of the molecule is COC(=O)c1cc(NC(=O)c2ccc(Br)cc2F)c(F)cc1F. The second-order valence-corrected chi connectivity index (χ2v) is 5.30. The molecule has 0 radical (unpaired) electrons. The molecule has 0 spiro atoms. The Morgan fingerprint density at radius 3 is 2.26 bits per heavy atom.